The average molecular weight is 403 g/mol. The maximum absolute atomic E-state index is 13.6. The van der Waals surface area contributed by atoms with Crippen molar-refractivity contribution in [1.82, 2.24) is 25.0 Å². The lowest BCUT2D eigenvalue weighted by atomic mass is 9.84. The number of piperidine rings is 3. The van der Waals surface area contributed by atoms with Crippen LogP contribution in [0.3, 0.4) is 0 Å². The fourth-order valence-electron chi connectivity index (χ4n) is 4.32. The summed E-state index contributed by atoms with van der Waals surface area (Å²) in [5, 5.41) is 10.0. The van der Waals surface area contributed by atoms with E-state index in [9.17, 15) is 13.6 Å². The third kappa shape index (κ3) is 2.98. The molecule has 28 heavy (non-hydrogen) atoms. The molecule has 6 rings (SSSR count). The SMILES string of the molecule is O=C(N[C@@H]1CN2CCC1CC2)c1nn(C(F)F)c2cc(-c3nccs3)ccc12. The second-order valence-electron chi connectivity index (χ2n) is 7.36. The lowest BCUT2D eigenvalue weighted by Gasteiger charge is -2.44. The Bertz CT molecular complexity index is 1010. The minimum Gasteiger partial charge on any atom is -0.346 e. The van der Waals surface area contributed by atoms with Crippen LogP contribution in [0.1, 0.15) is 29.9 Å². The van der Waals surface area contributed by atoms with E-state index in [1.54, 1.807) is 24.4 Å². The Labute approximate surface area is 164 Å². The lowest BCUT2D eigenvalue weighted by molar-refractivity contribution is 0.0578. The molecule has 5 heterocycles. The molecule has 0 aliphatic carbocycles. The molecule has 3 saturated heterocycles. The van der Waals surface area contributed by atoms with Crippen molar-refractivity contribution in [3.8, 4) is 10.6 Å². The molecule has 3 fully saturated rings. The second kappa shape index (κ2) is 6.89. The van der Waals surface area contributed by atoms with E-state index in [1.165, 1.54) is 11.3 Å². The van der Waals surface area contributed by atoms with Gasteiger partial charge in [-0.3, -0.25) is 4.79 Å². The summed E-state index contributed by atoms with van der Waals surface area (Å²) in [6.07, 6.45) is 3.80. The van der Waals surface area contributed by atoms with Crippen LogP contribution in [-0.4, -0.2) is 51.2 Å². The molecule has 0 unspecified atom stereocenters. The summed E-state index contributed by atoms with van der Waals surface area (Å²) in [4.78, 5) is 19.5. The van der Waals surface area contributed by atoms with Gasteiger partial charge in [0.2, 0.25) is 0 Å². The number of amides is 1. The first kappa shape index (κ1) is 17.7. The highest BCUT2D eigenvalue weighted by molar-refractivity contribution is 7.13. The van der Waals surface area contributed by atoms with Crippen molar-refractivity contribution in [1.29, 1.82) is 0 Å². The van der Waals surface area contributed by atoms with E-state index in [0.29, 0.717) is 16.0 Å². The van der Waals surface area contributed by atoms with Gasteiger partial charge in [0.1, 0.15) is 5.01 Å². The first-order valence-electron chi connectivity index (χ1n) is 9.33. The minimum atomic E-state index is -2.83. The number of thiazole rings is 1. The Morgan fingerprint density at radius 3 is 2.75 bits per heavy atom. The Balaban J connectivity index is 1.49. The van der Waals surface area contributed by atoms with Crippen LogP contribution in [0.15, 0.2) is 29.8 Å². The molecule has 2 aromatic heterocycles. The molecule has 3 aliphatic rings. The highest BCUT2D eigenvalue weighted by Crippen LogP contribution is 2.31. The van der Waals surface area contributed by atoms with E-state index in [-0.39, 0.29) is 23.2 Å². The Hall–Kier alpha value is -2.39. The first-order chi connectivity index (χ1) is 13.6. The monoisotopic (exact) mass is 403 g/mol. The Morgan fingerprint density at radius 1 is 1.29 bits per heavy atom. The third-order valence-corrected chi connectivity index (χ3v) is 6.58. The first-order valence-corrected chi connectivity index (χ1v) is 10.2. The molecule has 1 aromatic carbocycles. The number of carbonyl (C=O) groups is 1. The predicted molar refractivity (Wildman–Crippen MR) is 103 cm³/mol. The van der Waals surface area contributed by atoms with Gasteiger partial charge in [-0.25, -0.2) is 9.67 Å². The van der Waals surface area contributed by atoms with Crippen molar-refractivity contribution >= 4 is 28.1 Å². The number of carbonyl (C=O) groups excluding carboxylic acids is 1. The maximum atomic E-state index is 13.6. The molecule has 0 spiro atoms. The molecule has 2 bridgehead atoms. The zero-order chi connectivity index (χ0) is 19.3. The molecule has 6 nitrogen and oxygen atoms in total. The van der Waals surface area contributed by atoms with E-state index < -0.39 is 6.55 Å². The van der Waals surface area contributed by atoms with Crippen LogP contribution in [0.4, 0.5) is 8.78 Å². The number of aromatic nitrogens is 3. The maximum Gasteiger partial charge on any atom is 0.333 e. The molecule has 0 saturated carbocycles. The largest absolute Gasteiger partial charge is 0.346 e. The highest BCUT2D eigenvalue weighted by Gasteiger charge is 2.35. The van der Waals surface area contributed by atoms with Gasteiger partial charge < -0.3 is 10.2 Å². The molecule has 9 heteroatoms. The van der Waals surface area contributed by atoms with Crippen molar-refractivity contribution in [2.75, 3.05) is 19.6 Å². The van der Waals surface area contributed by atoms with Gasteiger partial charge in [0.15, 0.2) is 5.69 Å². The van der Waals surface area contributed by atoms with Gasteiger partial charge >= 0.3 is 6.55 Å². The second-order valence-corrected chi connectivity index (χ2v) is 8.25. The Kier molecular flexibility index (Phi) is 4.36. The van der Waals surface area contributed by atoms with Gasteiger partial charge in [0.25, 0.3) is 5.91 Å². The highest BCUT2D eigenvalue weighted by atomic mass is 32.1. The molecular weight excluding hydrogens is 384 g/mol. The van der Waals surface area contributed by atoms with Crippen LogP contribution < -0.4 is 5.32 Å². The van der Waals surface area contributed by atoms with Gasteiger partial charge in [-0.15, -0.1) is 11.3 Å². The molecule has 3 aliphatic heterocycles. The van der Waals surface area contributed by atoms with E-state index >= 15 is 0 Å². The number of hydrogen-bond donors (Lipinski definition) is 1. The van der Waals surface area contributed by atoms with Gasteiger partial charge in [-0.2, -0.15) is 13.9 Å². The van der Waals surface area contributed by atoms with Crippen LogP contribution in [0.5, 0.6) is 0 Å². The summed E-state index contributed by atoms with van der Waals surface area (Å²) in [6, 6.07) is 5.15. The van der Waals surface area contributed by atoms with Crippen LogP contribution >= 0.6 is 11.3 Å². The van der Waals surface area contributed by atoms with Crippen molar-refractivity contribution in [3.05, 3.63) is 35.5 Å². The minimum absolute atomic E-state index is 0.0522. The number of halogens is 2. The summed E-state index contributed by atoms with van der Waals surface area (Å²) >= 11 is 1.43. The standard InChI is InChI=1S/C19H19F2N5OS/c20-19(21)26-15-9-12(18-22-5-8-28-18)1-2-13(15)16(24-26)17(27)23-14-10-25-6-3-11(14)4-7-25/h1-2,5,8-9,11,14,19H,3-4,6-7,10H2,(H,23,27)/t14-/m1/s1. The molecule has 1 amide bonds. The van der Waals surface area contributed by atoms with Crippen molar-refractivity contribution in [3.63, 3.8) is 0 Å². The number of nitrogens with zero attached hydrogens (tertiary/aromatic N) is 4. The number of rotatable bonds is 4. The quantitative estimate of drug-likeness (QED) is 0.726. The number of fused-ring (bicyclic) bond motifs is 4. The fourth-order valence-corrected chi connectivity index (χ4v) is 4.95. The van der Waals surface area contributed by atoms with Crippen LogP contribution in [0.25, 0.3) is 21.5 Å². The fraction of sp³-hybridized carbons (Fsp3) is 0.421. The summed E-state index contributed by atoms with van der Waals surface area (Å²) in [7, 11) is 0. The van der Waals surface area contributed by atoms with Gasteiger partial charge in [0, 0.05) is 35.1 Å². The summed E-state index contributed by atoms with van der Waals surface area (Å²) < 4.78 is 27.8. The third-order valence-electron chi connectivity index (χ3n) is 5.76. The van der Waals surface area contributed by atoms with Crippen molar-refractivity contribution < 1.29 is 13.6 Å². The van der Waals surface area contributed by atoms with Crippen LogP contribution in [0.2, 0.25) is 0 Å². The average Bonchev–Trinajstić information content (AvgIpc) is 3.36. The number of nitrogens with one attached hydrogen (secondary N) is 1. The van der Waals surface area contributed by atoms with Gasteiger partial charge in [-0.05, 0) is 44.0 Å². The van der Waals surface area contributed by atoms with E-state index in [4.69, 9.17) is 0 Å². The summed E-state index contributed by atoms with van der Waals surface area (Å²) in [5.74, 6) is 0.0686. The van der Waals surface area contributed by atoms with E-state index in [0.717, 1.165) is 43.0 Å². The number of alkyl halides is 2. The normalized spacial score (nSPS) is 24.2. The molecule has 3 aromatic rings. The van der Waals surface area contributed by atoms with Gasteiger partial charge in [-0.1, -0.05) is 6.07 Å². The Morgan fingerprint density at radius 2 is 2.11 bits per heavy atom. The zero-order valence-corrected chi connectivity index (χ0v) is 15.8. The zero-order valence-electron chi connectivity index (χ0n) is 15.0. The van der Waals surface area contributed by atoms with Crippen LogP contribution in [0, 0.1) is 5.92 Å². The van der Waals surface area contributed by atoms with Gasteiger partial charge in [0.05, 0.1) is 5.52 Å². The number of benzene rings is 1. The summed E-state index contributed by atoms with van der Waals surface area (Å²) in [5.41, 5.74) is 1.02. The topological polar surface area (TPSA) is 63.1 Å². The lowest BCUT2D eigenvalue weighted by Crippen LogP contribution is -2.57. The van der Waals surface area contributed by atoms with Crippen LogP contribution in [-0.2, 0) is 0 Å². The predicted octanol–water partition coefficient (Wildman–Crippen LogP) is 3.38. The molecule has 1 N–H and O–H groups in total. The van der Waals surface area contributed by atoms with E-state index in [2.05, 4.69) is 20.3 Å². The molecule has 146 valence electrons. The smallest absolute Gasteiger partial charge is 0.333 e. The molecular formula is C19H19F2N5OS. The molecule has 1 atom stereocenters. The molecule has 0 radical (unpaired) electrons. The van der Waals surface area contributed by atoms with Crippen molar-refractivity contribution in [2.24, 2.45) is 5.92 Å². The number of hydrogen-bond acceptors (Lipinski definition) is 5. The van der Waals surface area contributed by atoms with Crippen molar-refractivity contribution in [2.45, 2.75) is 25.4 Å². The van der Waals surface area contributed by atoms with E-state index in [1.807, 2.05) is 5.38 Å². The summed E-state index contributed by atoms with van der Waals surface area (Å²) in [6.45, 7) is 0.129.